The fourth-order valence-corrected chi connectivity index (χ4v) is 1.31. The lowest BCUT2D eigenvalue weighted by molar-refractivity contribution is -0.198. The smallest absolute Gasteiger partial charge is 0.429 e. The number of nitrogen functional groups attached to an aromatic ring is 1. The number of nitrogens with two attached hydrogens (primary N) is 1. The quantitative estimate of drug-likeness (QED) is 0.910. The van der Waals surface area contributed by atoms with E-state index >= 15 is 0 Å². The second-order valence-corrected chi connectivity index (χ2v) is 3.46. The summed E-state index contributed by atoms with van der Waals surface area (Å²) in [6.07, 6.45) is -2.48. The number of alkyl halides is 3. The van der Waals surface area contributed by atoms with Crippen molar-refractivity contribution in [3.63, 3.8) is 0 Å². The Morgan fingerprint density at radius 3 is 2.47 bits per heavy atom. The summed E-state index contributed by atoms with van der Waals surface area (Å²) < 4.78 is 43.6. The number of aromatic nitrogens is 4. The van der Waals surface area contributed by atoms with E-state index < -0.39 is 12.3 Å². The van der Waals surface area contributed by atoms with Crippen molar-refractivity contribution in [2.45, 2.75) is 12.3 Å². The molecule has 100 valence electrons. The average Bonchev–Trinajstić information content (AvgIpc) is 2.36. The van der Waals surface area contributed by atoms with E-state index in [9.17, 15) is 13.2 Å². The van der Waals surface area contributed by atoms with E-state index in [1.807, 2.05) is 0 Å². The molecule has 19 heavy (non-hydrogen) atoms. The molecule has 1 atom stereocenters. The van der Waals surface area contributed by atoms with Crippen molar-refractivity contribution in [3.8, 4) is 5.88 Å². The largest absolute Gasteiger partial charge is 0.459 e. The molecule has 0 saturated heterocycles. The van der Waals surface area contributed by atoms with Crippen LogP contribution in [-0.2, 0) is 0 Å². The molecular weight excluding hydrogens is 263 g/mol. The number of ether oxygens (including phenoxy) is 1. The molecule has 2 rings (SSSR count). The molecule has 0 amide bonds. The number of halogens is 3. The topological polar surface area (TPSA) is 86.8 Å². The van der Waals surface area contributed by atoms with Gasteiger partial charge in [0.1, 0.15) is 6.33 Å². The van der Waals surface area contributed by atoms with Gasteiger partial charge in [0.25, 0.3) is 0 Å². The number of hydrogen-bond acceptors (Lipinski definition) is 6. The minimum absolute atomic E-state index is 0.178. The van der Waals surface area contributed by atoms with Crippen LogP contribution in [0.25, 0.3) is 0 Å². The maximum atomic E-state index is 12.9. The molecule has 0 aliphatic carbocycles. The second-order valence-electron chi connectivity index (χ2n) is 3.46. The number of anilines is 1. The van der Waals surface area contributed by atoms with E-state index in [0.717, 1.165) is 18.7 Å². The summed E-state index contributed by atoms with van der Waals surface area (Å²) in [5.74, 6) is -0.457. The number of hydrogen-bond donors (Lipinski definition) is 1. The normalized spacial score (nSPS) is 13.0. The van der Waals surface area contributed by atoms with Crippen LogP contribution in [-0.4, -0.2) is 26.1 Å². The van der Waals surface area contributed by atoms with Gasteiger partial charge in [-0.05, 0) is 0 Å². The van der Waals surface area contributed by atoms with Crippen molar-refractivity contribution in [2.75, 3.05) is 5.73 Å². The molecule has 0 aromatic carbocycles. The predicted molar refractivity (Wildman–Crippen MR) is 57.9 cm³/mol. The lowest BCUT2D eigenvalue weighted by Gasteiger charge is -2.20. The van der Waals surface area contributed by atoms with Crippen molar-refractivity contribution >= 4 is 5.95 Å². The second kappa shape index (κ2) is 5.04. The zero-order valence-electron chi connectivity index (χ0n) is 9.37. The van der Waals surface area contributed by atoms with Crippen molar-refractivity contribution in [1.82, 2.24) is 19.9 Å². The van der Waals surface area contributed by atoms with Gasteiger partial charge in [-0.3, -0.25) is 0 Å². The molecule has 9 heteroatoms. The first kappa shape index (κ1) is 13.0. The van der Waals surface area contributed by atoms with Crippen molar-refractivity contribution in [1.29, 1.82) is 0 Å². The van der Waals surface area contributed by atoms with Gasteiger partial charge in [-0.15, -0.1) is 0 Å². The highest BCUT2D eigenvalue weighted by Crippen LogP contribution is 2.35. The van der Waals surface area contributed by atoms with Gasteiger partial charge in [0.05, 0.1) is 0 Å². The van der Waals surface area contributed by atoms with Crippen LogP contribution < -0.4 is 10.5 Å². The Labute approximate surface area is 105 Å². The molecule has 0 fully saturated rings. The van der Waals surface area contributed by atoms with Crippen LogP contribution in [0.1, 0.15) is 11.7 Å². The molecule has 0 aliphatic rings. The number of nitrogens with zero attached hydrogens (tertiary/aromatic N) is 4. The molecule has 2 heterocycles. The monoisotopic (exact) mass is 271 g/mol. The summed E-state index contributed by atoms with van der Waals surface area (Å²) in [4.78, 5) is 14.2. The average molecular weight is 271 g/mol. The summed E-state index contributed by atoms with van der Waals surface area (Å²) in [5, 5.41) is 0. The third kappa shape index (κ3) is 3.27. The first-order valence-corrected chi connectivity index (χ1v) is 5.03. The Balaban J connectivity index is 2.30. The summed E-state index contributed by atoms with van der Waals surface area (Å²) in [7, 11) is 0. The molecule has 0 bridgehead atoms. The maximum Gasteiger partial charge on any atom is 0.429 e. The van der Waals surface area contributed by atoms with Crippen LogP contribution in [0, 0.1) is 0 Å². The summed E-state index contributed by atoms with van der Waals surface area (Å²) in [6, 6.07) is 1.18. The van der Waals surface area contributed by atoms with E-state index in [2.05, 4.69) is 19.9 Å². The van der Waals surface area contributed by atoms with Gasteiger partial charge in [0, 0.05) is 30.2 Å². The highest BCUT2D eigenvalue weighted by Gasteiger charge is 2.43. The third-order valence-electron chi connectivity index (χ3n) is 2.07. The fraction of sp³-hybridized carbons (Fsp3) is 0.200. The van der Waals surface area contributed by atoms with Crippen LogP contribution in [0.3, 0.4) is 0 Å². The van der Waals surface area contributed by atoms with Gasteiger partial charge >= 0.3 is 6.18 Å². The van der Waals surface area contributed by atoms with Crippen LogP contribution in [0.2, 0.25) is 0 Å². The van der Waals surface area contributed by atoms with Gasteiger partial charge in [-0.1, -0.05) is 0 Å². The summed E-state index contributed by atoms with van der Waals surface area (Å²) in [5.41, 5.74) is 5.04. The Bertz CT molecular complexity index is 548. The van der Waals surface area contributed by atoms with E-state index in [1.165, 1.54) is 12.3 Å². The minimum atomic E-state index is -4.63. The van der Waals surface area contributed by atoms with Gasteiger partial charge < -0.3 is 10.5 Å². The van der Waals surface area contributed by atoms with E-state index in [0.29, 0.717) is 0 Å². The summed E-state index contributed by atoms with van der Waals surface area (Å²) >= 11 is 0. The molecule has 2 aromatic heterocycles. The van der Waals surface area contributed by atoms with Gasteiger partial charge in [0.2, 0.25) is 17.9 Å². The summed E-state index contributed by atoms with van der Waals surface area (Å²) in [6.45, 7) is 0. The molecule has 0 saturated carbocycles. The molecule has 0 radical (unpaired) electrons. The Morgan fingerprint density at radius 2 is 1.89 bits per heavy atom. The lowest BCUT2D eigenvalue weighted by atomic mass is 10.2. The fourth-order valence-electron chi connectivity index (χ4n) is 1.31. The minimum Gasteiger partial charge on any atom is -0.459 e. The molecule has 0 spiro atoms. The molecule has 2 aromatic rings. The van der Waals surface area contributed by atoms with Crippen LogP contribution in [0.4, 0.5) is 19.1 Å². The third-order valence-corrected chi connectivity index (χ3v) is 2.07. The highest BCUT2D eigenvalue weighted by atomic mass is 19.4. The van der Waals surface area contributed by atoms with Gasteiger partial charge in [-0.25, -0.2) is 15.0 Å². The van der Waals surface area contributed by atoms with E-state index in [-0.39, 0.29) is 17.4 Å². The zero-order valence-corrected chi connectivity index (χ0v) is 9.37. The van der Waals surface area contributed by atoms with Gasteiger partial charge in [-0.2, -0.15) is 18.2 Å². The molecular formula is C10H8F3N5O. The van der Waals surface area contributed by atoms with Crippen molar-refractivity contribution in [3.05, 3.63) is 36.5 Å². The Hall–Kier alpha value is -2.45. The standard InChI is InChI=1S/C10H8F3N5O/c11-10(12,13)8(6-3-15-5-16-4-6)19-7-1-2-17-9(14)18-7/h1-5,8H,(H2,14,17,18). The van der Waals surface area contributed by atoms with Crippen LogP contribution in [0.15, 0.2) is 31.0 Å². The van der Waals surface area contributed by atoms with Crippen LogP contribution >= 0.6 is 0 Å². The Kier molecular flexibility index (Phi) is 3.45. The first-order chi connectivity index (χ1) is 8.97. The van der Waals surface area contributed by atoms with Crippen molar-refractivity contribution in [2.24, 2.45) is 0 Å². The predicted octanol–water partition coefficient (Wildman–Crippen LogP) is 1.53. The molecule has 2 N–H and O–H groups in total. The molecule has 6 nitrogen and oxygen atoms in total. The number of rotatable bonds is 3. The Morgan fingerprint density at radius 1 is 1.21 bits per heavy atom. The first-order valence-electron chi connectivity index (χ1n) is 5.03. The lowest BCUT2D eigenvalue weighted by Crippen LogP contribution is -2.26. The van der Waals surface area contributed by atoms with Crippen LogP contribution in [0.5, 0.6) is 5.88 Å². The highest BCUT2D eigenvalue weighted by molar-refractivity contribution is 5.22. The van der Waals surface area contributed by atoms with E-state index in [1.54, 1.807) is 0 Å². The zero-order chi connectivity index (χ0) is 13.9. The maximum absolute atomic E-state index is 12.9. The molecule has 0 aliphatic heterocycles. The van der Waals surface area contributed by atoms with E-state index in [4.69, 9.17) is 10.5 Å². The SMILES string of the molecule is Nc1nccc(OC(c2cncnc2)C(F)(F)F)n1. The van der Waals surface area contributed by atoms with Crippen molar-refractivity contribution < 1.29 is 17.9 Å². The molecule has 1 unspecified atom stereocenters. The van der Waals surface area contributed by atoms with Gasteiger partial charge in [0.15, 0.2) is 0 Å².